The first kappa shape index (κ1) is 47.4. The van der Waals surface area contributed by atoms with E-state index < -0.39 is 28.9 Å². The molecule has 61 heavy (non-hydrogen) atoms. The van der Waals surface area contributed by atoms with E-state index >= 15 is 0 Å². The molecule has 0 unspecified atom stereocenters. The largest absolute Gasteiger partial charge is 0.494 e. The summed E-state index contributed by atoms with van der Waals surface area (Å²) in [5.41, 5.74) is 14.7. The predicted octanol–water partition coefficient (Wildman–Crippen LogP) is 7.48. The number of hydrogen-bond donors (Lipinski definition) is 4. The summed E-state index contributed by atoms with van der Waals surface area (Å²) in [5, 5.41) is 24.2. The normalized spacial score (nSPS) is 11.7. The number of Topliss-reactive ketones (excluding diaryl/α,β-unsaturated/α-hetero) is 2. The molecule has 0 aliphatic heterocycles. The summed E-state index contributed by atoms with van der Waals surface area (Å²) in [6, 6.07) is 28.5. The lowest BCUT2D eigenvalue weighted by Crippen LogP contribution is -2.57. The molecule has 0 atom stereocenters. The van der Waals surface area contributed by atoms with E-state index in [0.29, 0.717) is 85.7 Å². The number of ketones is 2. The second-order valence-electron chi connectivity index (χ2n) is 15.0. The number of nitrogens with two attached hydrogens (primary N) is 2. The van der Waals surface area contributed by atoms with Crippen molar-refractivity contribution in [1.29, 1.82) is 0 Å². The molecule has 0 heterocycles. The van der Waals surface area contributed by atoms with Crippen LogP contribution in [0.5, 0.6) is 11.5 Å². The highest BCUT2D eigenvalue weighted by molar-refractivity contribution is 5.89. The third-order valence-electron chi connectivity index (χ3n) is 10.5. The van der Waals surface area contributed by atoms with Gasteiger partial charge in [-0.05, 0) is 122 Å². The minimum atomic E-state index is -2.91. The fourth-order valence-electron chi connectivity index (χ4n) is 6.97. The maximum atomic E-state index is 14.0. The molecule has 0 fully saturated rings. The molecular formula is C49H58N2O10. The number of hydrogen-bond acceptors (Lipinski definition) is 12. The zero-order valence-corrected chi connectivity index (χ0v) is 35.1. The van der Waals surface area contributed by atoms with E-state index in [9.17, 15) is 29.4 Å². The lowest BCUT2D eigenvalue weighted by molar-refractivity contribution is -0.234. The second-order valence-corrected chi connectivity index (χ2v) is 15.0. The quantitative estimate of drug-likeness (QED) is 0.0160. The van der Waals surface area contributed by atoms with Crippen LogP contribution in [0.15, 0.2) is 109 Å². The van der Waals surface area contributed by atoms with Gasteiger partial charge in [-0.15, -0.1) is 0 Å². The summed E-state index contributed by atoms with van der Waals surface area (Å²) in [6.45, 7) is 0.808. The van der Waals surface area contributed by atoms with Crippen molar-refractivity contribution in [3.05, 3.63) is 131 Å². The molecule has 0 aromatic heterocycles. The third kappa shape index (κ3) is 15.1. The highest BCUT2D eigenvalue weighted by Crippen LogP contribution is 2.44. The van der Waals surface area contributed by atoms with E-state index in [-0.39, 0.29) is 37.9 Å². The monoisotopic (exact) mass is 834 g/mol. The van der Waals surface area contributed by atoms with Gasteiger partial charge in [0.15, 0.2) is 5.78 Å². The topological polar surface area (TPSA) is 198 Å². The molecule has 0 spiro atoms. The van der Waals surface area contributed by atoms with E-state index in [2.05, 4.69) is 9.47 Å². The Morgan fingerprint density at radius 2 is 1.00 bits per heavy atom. The van der Waals surface area contributed by atoms with Crippen molar-refractivity contribution in [1.82, 2.24) is 0 Å². The Morgan fingerprint density at radius 3 is 1.43 bits per heavy atom. The average Bonchev–Trinajstić information content (AvgIpc) is 3.26. The molecule has 0 saturated heterocycles. The van der Waals surface area contributed by atoms with Crippen molar-refractivity contribution < 1.29 is 48.3 Å². The molecule has 0 bridgehead atoms. The van der Waals surface area contributed by atoms with Crippen molar-refractivity contribution in [3.8, 4) is 11.5 Å². The standard InChI is InChI=1S/C49H58N2O10/c1-58-46(54)29-23-36-19-25-41(26-20-36)60-31-11-3-5-15-40(52)35-48(33-38-13-7-9-16-43(38)50,34-39-14-8-10-17-44(39)51)49(56,57)45(53)18-6-4-12-32-61-42-27-21-37(22-28-42)24-30-47(55)59-2/h7-10,13-14,16-17,19-30,56-57H,3-6,11-12,15,18,31-35,50-51H2,1-2H3/b29-23+,30-24+. The third-order valence-corrected chi connectivity index (χ3v) is 10.5. The van der Waals surface area contributed by atoms with Gasteiger partial charge in [-0.3, -0.25) is 9.59 Å². The van der Waals surface area contributed by atoms with Crippen LogP contribution in [-0.4, -0.2) is 66.9 Å². The zero-order chi connectivity index (χ0) is 44.1. The lowest BCUT2D eigenvalue weighted by atomic mass is 9.64. The summed E-state index contributed by atoms with van der Waals surface area (Å²) in [5.74, 6) is -3.48. The van der Waals surface area contributed by atoms with Gasteiger partial charge in [0.25, 0.3) is 0 Å². The van der Waals surface area contributed by atoms with Gasteiger partial charge in [-0.2, -0.15) is 0 Å². The van der Waals surface area contributed by atoms with E-state index in [1.165, 1.54) is 26.4 Å². The number of esters is 2. The average molecular weight is 835 g/mol. The van der Waals surface area contributed by atoms with Crippen LogP contribution in [0.25, 0.3) is 12.2 Å². The Bertz CT molecular complexity index is 2040. The number of unbranched alkanes of at least 4 members (excludes halogenated alkanes) is 4. The highest BCUT2D eigenvalue weighted by Gasteiger charge is 2.55. The van der Waals surface area contributed by atoms with Crippen molar-refractivity contribution in [2.45, 2.75) is 76.4 Å². The summed E-state index contributed by atoms with van der Waals surface area (Å²) in [4.78, 5) is 50.6. The van der Waals surface area contributed by atoms with Crippen LogP contribution in [0.4, 0.5) is 11.4 Å². The van der Waals surface area contributed by atoms with Gasteiger partial charge in [0.1, 0.15) is 17.3 Å². The molecule has 12 nitrogen and oxygen atoms in total. The first-order chi connectivity index (χ1) is 29.4. The van der Waals surface area contributed by atoms with Crippen molar-refractivity contribution in [2.24, 2.45) is 5.41 Å². The molecule has 0 saturated carbocycles. The Labute approximate surface area is 358 Å². The molecule has 0 radical (unpaired) electrons. The second kappa shape index (κ2) is 24.1. The van der Waals surface area contributed by atoms with E-state index in [0.717, 1.165) is 11.1 Å². The van der Waals surface area contributed by atoms with Crippen LogP contribution in [0.2, 0.25) is 0 Å². The Balaban J connectivity index is 1.39. The minimum absolute atomic E-state index is 0.0608. The number of rotatable bonds is 26. The molecule has 0 amide bonds. The number of carbonyl (C=O) groups excluding carboxylic acids is 4. The van der Waals surface area contributed by atoms with Crippen LogP contribution in [0, 0.1) is 5.41 Å². The van der Waals surface area contributed by atoms with Crippen LogP contribution in [-0.2, 0) is 41.5 Å². The van der Waals surface area contributed by atoms with Crippen molar-refractivity contribution in [2.75, 3.05) is 38.9 Å². The number of benzene rings is 4. The fourth-order valence-corrected chi connectivity index (χ4v) is 6.97. The summed E-state index contributed by atoms with van der Waals surface area (Å²) >= 11 is 0. The number of nitrogen functional groups attached to an aromatic ring is 2. The first-order valence-electron chi connectivity index (χ1n) is 20.5. The van der Waals surface area contributed by atoms with Gasteiger partial charge < -0.3 is 40.6 Å². The molecule has 324 valence electrons. The number of methoxy groups -OCH3 is 2. The summed E-state index contributed by atoms with van der Waals surface area (Å²) in [6.07, 6.45) is 9.03. The van der Waals surface area contributed by atoms with Crippen LogP contribution < -0.4 is 20.9 Å². The number of para-hydroxylation sites is 2. The van der Waals surface area contributed by atoms with Crippen LogP contribution in [0.3, 0.4) is 0 Å². The van der Waals surface area contributed by atoms with Crippen molar-refractivity contribution in [3.63, 3.8) is 0 Å². The molecule has 6 N–H and O–H groups in total. The maximum absolute atomic E-state index is 14.0. The Kier molecular flexibility index (Phi) is 18.8. The molecule has 4 aromatic rings. The number of carbonyl (C=O) groups is 4. The lowest BCUT2D eigenvalue weighted by Gasteiger charge is -2.43. The number of ether oxygens (including phenoxy) is 4. The molecular weight excluding hydrogens is 777 g/mol. The van der Waals surface area contributed by atoms with Gasteiger partial charge in [0, 0.05) is 48.2 Å². The van der Waals surface area contributed by atoms with Gasteiger partial charge in [0.2, 0.25) is 5.79 Å². The first-order valence-corrected chi connectivity index (χ1v) is 20.5. The predicted molar refractivity (Wildman–Crippen MR) is 236 cm³/mol. The van der Waals surface area contributed by atoms with Crippen LogP contribution >= 0.6 is 0 Å². The summed E-state index contributed by atoms with van der Waals surface area (Å²) in [7, 11) is 2.63. The van der Waals surface area contributed by atoms with E-state index in [4.69, 9.17) is 20.9 Å². The maximum Gasteiger partial charge on any atom is 0.330 e. The fraction of sp³-hybridized carbons (Fsp3) is 0.347. The molecule has 0 aliphatic rings. The van der Waals surface area contributed by atoms with Gasteiger partial charge >= 0.3 is 11.9 Å². The molecule has 4 aromatic carbocycles. The molecule has 0 aliphatic carbocycles. The zero-order valence-electron chi connectivity index (χ0n) is 35.1. The Hall–Kier alpha value is -6.24. The summed E-state index contributed by atoms with van der Waals surface area (Å²) < 4.78 is 20.9. The van der Waals surface area contributed by atoms with Crippen molar-refractivity contribution >= 4 is 47.0 Å². The Morgan fingerprint density at radius 1 is 0.574 bits per heavy atom. The SMILES string of the molecule is COC(=O)/C=C/c1ccc(OCCCCCC(=O)CC(Cc2ccccc2N)(Cc2ccccc2N)C(O)(O)C(=O)CCCCCOc2ccc(/C=C/C(=O)OC)cc2)cc1. The number of aliphatic hydroxyl groups is 2. The highest BCUT2D eigenvalue weighted by atomic mass is 16.5. The van der Waals surface area contributed by atoms with E-state index in [1.807, 2.05) is 36.4 Å². The van der Waals surface area contributed by atoms with Gasteiger partial charge in [0.05, 0.1) is 27.4 Å². The molecule has 4 rings (SSSR count). The van der Waals surface area contributed by atoms with Gasteiger partial charge in [-0.25, -0.2) is 9.59 Å². The minimum Gasteiger partial charge on any atom is -0.494 e. The number of anilines is 2. The van der Waals surface area contributed by atoms with Crippen LogP contribution in [0.1, 0.15) is 80.0 Å². The van der Waals surface area contributed by atoms with Gasteiger partial charge in [-0.1, -0.05) is 60.7 Å². The molecule has 12 heteroatoms. The smallest absolute Gasteiger partial charge is 0.330 e. The van der Waals surface area contributed by atoms with E-state index in [1.54, 1.807) is 72.8 Å².